The second-order valence-corrected chi connectivity index (χ2v) is 8.80. The van der Waals surface area contributed by atoms with Gasteiger partial charge in [0.05, 0.1) is 5.92 Å². The third-order valence-electron chi connectivity index (χ3n) is 6.36. The number of amides is 2. The molecule has 0 spiro atoms. The zero-order valence-electron chi connectivity index (χ0n) is 19.6. The number of nitrogens with zero attached hydrogens (tertiary/aromatic N) is 1. The lowest BCUT2D eigenvalue weighted by Crippen LogP contribution is -2.59. The molecule has 0 aromatic heterocycles. The van der Waals surface area contributed by atoms with E-state index in [1.54, 1.807) is 26.1 Å². The summed E-state index contributed by atoms with van der Waals surface area (Å²) in [6, 6.07) is 13.5. The topological polar surface area (TPSA) is 98.7 Å². The molecule has 0 radical (unpaired) electrons. The highest BCUT2D eigenvalue weighted by Gasteiger charge is 2.36. The Kier molecular flexibility index (Phi) is 8.76. The van der Waals surface area contributed by atoms with Crippen LogP contribution in [0.2, 0.25) is 0 Å². The first kappa shape index (κ1) is 25.4. The van der Waals surface area contributed by atoms with Gasteiger partial charge in [-0.3, -0.25) is 19.4 Å². The van der Waals surface area contributed by atoms with E-state index < -0.39 is 23.8 Å². The van der Waals surface area contributed by atoms with Crippen LogP contribution in [0.1, 0.15) is 38.2 Å². The van der Waals surface area contributed by atoms with Crippen molar-refractivity contribution in [2.45, 2.75) is 45.1 Å². The van der Waals surface area contributed by atoms with E-state index in [4.69, 9.17) is 0 Å². The summed E-state index contributed by atoms with van der Waals surface area (Å²) in [5.41, 5.74) is 5.93. The highest BCUT2D eigenvalue weighted by molar-refractivity contribution is 5.88. The van der Waals surface area contributed by atoms with Gasteiger partial charge in [-0.05, 0) is 60.9 Å². The van der Waals surface area contributed by atoms with Crippen LogP contribution in [0.5, 0.6) is 0 Å². The molecule has 0 bridgehead atoms. The lowest BCUT2D eigenvalue weighted by Gasteiger charge is -2.37. The molecule has 1 aliphatic heterocycles. The average Bonchev–Trinajstić information content (AvgIpc) is 2.86. The number of hydrogen-bond acceptors (Lipinski definition) is 4. The minimum Gasteiger partial charge on any atom is -0.481 e. The molecule has 34 heavy (non-hydrogen) atoms. The summed E-state index contributed by atoms with van der Waals surface area (Å²) in [5, 5.41) is 13.4. The van der Waals surface area contributed by atoms with Crippen molar-refractivity contribution < 1.29 is 23.9 Å². The minimum atomic E-state index is -0.948. The number of carboxylic acid groups (broad SMARTS) is 1. The third kappa shape index (κ3) is 6.41. The first-order valence-electron chi connectivity index (χ1n) is 11.7. The normalized spacial score (nSPS) is 17.6. The first-order valence-corrected chi connectivity index (χ1v) is 11.7. The maximum absolute atomic E-state index is 13.4. The number of hydrogen-bond donors (Lipinski definition) is 3. The van der Waals surface area contributed by atoms with Gasteiger partial charge >= 0.3 is 5.97 Å². The molecule has 182 valence electrons. The maximum atomic E-state index is 13.4. The van der Waals surface area contributed by atoms with E-state index in [0.29, 0.717) is 25.8 Å². The van der Waals surface area contributed by atoms with Crippen LogP contribution >= 0.6 is 0 Å². The van der Waals surface area contributed by atoms with Crippen molar-refractivity contribution in [3.05, 3.63) is 59.9 Å². The summed E-state index contributed by atoms with van der Waals surface area (Å²) in [6.45, 7) is 2.19. The zero-order valence-corrected chi connectivity index (χ0v) is 19.6. The standard InChI is InChI=1S/C26H32FN3O4/c1-17(26(33)34)16-21(25(32)30-23(24(31)28-2)4-3-15-29-30)10-7-18-5-8-19(9-6-18)20-11-13-22(27)14-12-20/h5-6,8-9,11-14,17,21,23,29H,3-4,7,10,15-16H2,1-2H3,(H,28,31)(H,33,34). The van der Waals surface area contributed by atoms with E-state index in [-0.39, 0.29) is 24.1 Å². The van der Waals surface area contributed by atoms with Crippen molar-refractivity contribution in [2.24, 2.45) is 11.8 Å². The highest BCUT2D eigenvalue weighted by atomic mass is 19.1. The smallest absolute Gasteiger partial charge is 0.306 e. The van der Waals surface area contributed by atoms with Crippen LogP contribution in [0, 0.1) is 17.7 Å². The lowest BCUT2D eigenvalue weighted by atomic mass is 9.88. The Labute approximate surface area is 199 Å². The third-order valence-corrected chi connectivity index (χ3v) is 6.36. The van der Waals surface area contributed by atoms with E-state index in [1.807, 2.05) is 24.3 Å². The van der Waals surface area contributed by atoms with Crippen molar-refractivity contribution in [2.75, 3.05) is 13.6 Å². The fourth-order valence-electron chi connectivity index (χ4n) is 4.29. The Hall–Kier alpha value is -3.26. The number of nitrogens with one attached hydrogen (secondary N) is 2. The predicted molar refractivity (Wildman–Crippen MR) is 127 cm³/mol. The van der Waals surface area contributed by atoms with Crippen LogP contribution in [0.25, 0.3) is 11.1 Å². The number of aryl methyl sites for hydroxylation is 1. The van der Waals surface area contributed by atoms with Crippen molar-refractivity contribution in [1.82, 2.24) is 15.8 Å². The van der Waals surface area contributed by atoms with Crippen LogP contribution in [0.4, 0.5) is 4.39 Å². The molecule has 8 heteroatoms. The number of hydrazine groups is 1. The first-order chi connectivity index (χ1) is 16.3. The van der Waals surface area contributed by atoms with Crippen molar-refractivity contribution in [3.8, 4) is 11.1 Å². The van der Waals surface area contributed by atoms with E-state index in [0.717, 1.165) is 23.1 Å². The molecule has 0 aliphatic carbocycles. The molecule has 1 saturated heterocycles. The summed E-state index contributed by atoms with van der Waals surface area (Å²) < 4.78 is 13.2. The minimum absolute atomic E-state index is 0.195. The molecule has 2 aromatic rings. The van der Waals surface area contributed by atoms with Crippen LogP contribution in [-0.4, -0.2) is 47.5 Å². The van der Waals surface area contributed by atoms with Gasteiger partial charge in [-0.25, -0.2) is 9.82 Å². The van der Waals surface area contributed by atoms with E-state index in [2.05, 4.69) is 10.7 Å². The summed E-state index contributed by atoms with van der Waals surface area (Å²) >= 11 is 0. The predicted octanol–water partition coefficient (Wildman–Crippen LogP) is 3.39. The molecule has 0 saturated carbocycles. The highest BCUT2D eigenvalue weighted by Crippen LogP contribution is 2.25. The molecule has 1 fully saturated rings. The molecule has 1 aliphatic rings. The summed E-state index contributed by atoms with van der Waals surface area (Å²) in [7, 11) is 1.54. The second kappa shape index (κ2) is 11.7. The SMILES string of the molecule is CNC(=O)C1CCCNN1C(=O)C(CCc1ccc(-c2ccc(F)cc2)cc1)CC(C)C(=O)O. The fraction of sp³-hybridized carbons (Fsp3) is 0.423. The molecule has 3 N–H and O–H groups in total. The average molecular weight is 470 g/mol. The van der Waals surface area contributed by atoms with Crippen molar-refractivity contribution >= 4 is 17.8 Å². The molecule has 2 amide bonds. The maximum Gasteiger partial charge on any atom is 0.306 e. The molecule has 7 nitrogen and oxygen atoms in total. The Morgan fingerprint density at radius 3 is 2.32 bits per heavy atom. The Balaban J connectivity index is 1.72. The lowest BCUT2D eigenvalue weighted by molar-refractivity contribution is -0.151. The van der Waals surface area contributed by atoms with E-state index >= 15 is 0 Å². The number of halogens is 1. The van der Waals surface area contributed by atoms with Gasteiger partial charge in [-0.2, -0.15) is 0 Å². The second-order valence-electron chi connectivity index (χ2n) is 8.80. The van der Waals surface area contributed by atoms with Crippen molar-refractivity contribution in [1.29, 1.82) is 0 Å². The number of likely N-dealkylation sites (N-methyl/N-ethyl adjacent to an activating group) is 1. The molecule has 2 aromatic carbocycles. The zero-order chi connectivity index (χ0) is 24.7. The summed E-state index contributed by atoms with van der Waals surface area (Å²) in [4.78, 5) is 37.2. The van der Waals surface area contributed by atoms with Gasteiger partial charge in [0.25, 0.3) is 0 Å². The van der Waals surface area contributed by atoms with Gasteiger partial charge in [0.1, 0.15) is 11.9 Å². The number of carboxylic acids is 1. The quantitative estimate of drug-likeness (QED) is 0.523. The van der Waals surface area contributed by atoms with E-state index in [9.17, 15) is 23.9 Å². The van der Waals surface area contributed by atoms with Gasteiger partial charge in [0.15, 0.2) is 0 Å². The Bertz CT molecular complexity index is 994. The molecule has 3 atom stereocenters. The van der Waals surface area contributed by atoms with E-state index in [1.165, 1.54) is 17.1 Å². The van der Waals surface area contributed by atoms with Crippen molar-refractivity contribution in [3.63, 3.8) is 0 Å². The number of benzene rings is 2. The monoisotopic (exact) mass is 469 g/mol. The largest absolute Gasteiger partial charge is 0.481 e. The van der Waals surface area contributed by atoms with Gasteiger partial charge in [0, 0.05) is 19.5 Å². The van der Waals surface area contributed by atoms with Crippen LogP contribution < -0.4 is 10.7 Å². The summed E-state index contributed by atoms with van der Waals surface area (Å²) in [5.74, 6) is -2.94. The Morgan fingerprint density at radius 1 is 1.12 bits per heavy atom. The molecular weight excluding hydrogens is 437 g/mol. The Morgan fingerprint density at radius 2 is 1.74 bits per heavy atom. The van der Waals surface area contributed by atoms with Crippen LogP contribution in [-0.2, 0) is 20.8 Å². The van der Waals surface area contributed by atoms with Gasteiger partial charge in [-0.1, -0.05) is 43.3 Å². The van der Waals surface area contributed by atoms with Gasteiger partial charge in [-0.15, -0.1) is 0 Å². The molecular formula is C26H32FN3O4. The molecule has 1 heterocycles. The van der Waals surface area contributed by atoms with Gasteiger partial charge < -0.3 is 10.4 Å². The summed E-state index contributed by atoms with van der Waals surface area (Å²) in [6.07, 6.45) is 2.58. The number of carbonyl (C=O) groups is 3. The molecule has 3 unspecified atom stereocenters. The fourth-order valence-corrected chi connectivity index (χ4v) is 4.29. The number of carbonyl (C=O) groups excluding carboxylic acids is 2. The van der Waals surface area contributed by atoms with Crippen LogP contribution in [0.3, 0.4) is 0 Å². The van der Waals surface area contributed by atoms with Crippen LogP contribution in [0.15, 0.2) is 48.5 Å². The number of rotatable bonds is 9. The number of aliphatic carboxylic acids is 1. The molecule has 3 rings (SSSR count). The van der Waals surface area contributed by atoms with Gasteiger partial charge in [0.2, 0.25) is 11.8 Å².